The molecule has 0 bridgehead atoms. The first kappa shape index (κ1) is 10.0. The molecule has 2 aromatic heterocycles. The molecular formula is C10H9N5O. The van der Waals surface area contributed by atoms with Crippen LogP contribution in [0.5, 0.6) is 0 Å². The Bertz CT molecular complexity index is 523. The molecule has 4 N–H and O–H groups in total. The van der Waals surface area contributed by atoms with Crippen LogP contribution in [0.4, 0.5) is 5.95 Å². The van der Waals surface area contributed by atoms with Gasteiger partial charge in [-0.1, -0.05) is 0 Å². The van der Waals surface area contributed by atoms with Gasteiger partial charge in [0.1, 0.15) is 5.69 Å². The monoisotopic (exact) mass is 215 g/mol. The molecule has 0 saturated heterocycles. The maximum Gasteiger partial charge on any atom is 0.267 e. The van der Waals surface area contributed by atoms with Crippen LogP contribution in [0.25, 0.3) is 11.1 Å². The van der Waals surface area contributed by atoms with Gasteiger partial charge >= 0.3 is 0 Å². The summed E-state index contributed by atoms with van der Waals surface area (Å²) in [5.41, 5.74) is 12.2. The van der Waals surface area contributed by atoms with E-state index < -0.39 is 5.91 Å². The van der Waals surface area contributed by atoms with Gasteiger partial charge in [0, 0.05) is 24.2 Å². The Hall–Kier alpha value is -2.50. The number of hydrogen-bond acceptors (Lipinski definition) is 5. The molecule has 0 unspecified atom stereocenters. The molecule has 2 aromatic rings. The minimum Gasteiger partial charge on any atom is -0.368 e. The zero-order valence-corrected chi connectivity index (χ0v) is 8.29. The molecule has 2 rings (SSSR count). The van der Waals surface area contributed by atoms with Crippen LogP contribution in [0, 0.1) is 0 Å². The van der Waals surface area contributed by atoms with Crippen molar-refractivity contribution >= 4 is 11.9 Å². The molecule has 2 heterocycles. The van der Waals surface area contributed by atoms with E-state index in [0.717, 1.165) is 11.1 Å². The van der Waals surface area contributed by atoms with Crippen molar-refractivity contribution in [2.24, 2.45) is 5.73 Å². The number of pyridine rings is 1. The minimum absolute atomic E-state index is 0.202. The highest BCUT2D eigenvalue weighted by Crippen LogP contribution is 2.17. The maximum absolute atomic E-state index is 10.9. The van der Waals surface area contributed by atoms with Crippen molar-refractivity contribution in [2.45, 2.75) is 0 Å². The number of nitrogens with zero attached hydrogens (tertiary/aromatic N) is 3. The largest absolute Gasteiger partial charge is 0.368 e. The van der Waals surface area contributed by atoms with Crippen LogP contribution in [0.2, 0.25) is 0 Å². The van der Waals surface area contributed by atoms with Gasteiger partial charge < -0.3 is 11.5 Å². The van der Waals surface area contributed by atoms with Gasteiger partial charge in [0.2, 0.25) is 5.95 Å². The summed E-state index contributed by atoms with van der Waals surface area (Å²) >= 11 is 0. The topological polar surface area (TPSA) is 108 Å². The van der Waals surface area contributed by atoms with Gasteiger partial charge in [-0.3, -0.25) is 9.78 Å². The highest BCUT2D eigenvalue weighted by molar-refractivity contribution is 5.91. The second-order valence-electron chi connectivity index (χ2n) is 3.12. The molecule has 0 aliphatic carbocycles. The van der Waals surface area contributed by atoms with Crippen LogP contribution in [-0.2, 0) is 0 Å². The van der Waals surface area contributed by atoms with Gasteiger partial charge in [-0.05, 0) is 17.7 Å². The number of primary amides is 1. The van der Waals surface area contributed by atoms with Crippen molar-refractivity contribution in [2.75, 3.05) is 5.73 Å². The summed E-state index contributed by atoms with van der Waals surface area (Å²) in [7, 11) is 0. The number of aromatic nitrogens is 3. The molecule has 0 radical (unpaired) electrons. The maximum atomic E-state index is 10.9. The summed E-state index contributed by atoms with van der Waals surface area (Å²) in [6.07, 6.45) is 4.65. The number of anilines is 1. The lowest BCUT2D eigenvalue weighted by Crippen LogP contribution is -2.12. The third kappa shape index (κ3) is 1.95. The van der Waals surface area contributed by atoms with E-state index in [1.54, 1.807) is 24.5 Å². The fourth-order valence-corrected chi connectivity index (χ4v) is 1.23. The summed E-state index contributed by atoms with van der Waals surface area (Å²) in [5.74, 6) is -0.369. The van der Waals surface area contributed by atoms with E-state index >= 15 is 0 Å². The van der Waals surface area contributed by atoms with Gasteiger partial charge in [-0.15, -0.1) is 0 Å². The Balaban J connectivity index is 2.44. The zero-order valence-electron chi connectivity index (χ0n) is 8.29. The molecule has 6 nitrogen and oxygen atoms in total. The van der Waals surface area contributed by atoms with E-state index in [0.29, 0.717) is 0 Å². The number of carbonyl (C=O) groups is 1. The van der Waals surface area contributed by atoms with E-state index in [9.17, 15) is 4.79 Å². The van der Waals surface area contributed by atoms with E-state index in [1.165, 1.54) is 6.20 Å². The fourth-order valence-electron chi connectivity index (χ4n) is 1.23. The Morgan fingerprint density at radius 3 is 2.44 bits per heavy atom. The Labute approximate surface area is 91.4 Å². The Morgan fingerprint density at radius 2 is 1.81 bits per heavy atom. The molecule has 0 aliphatic rings. The first-order valence-electron chi connectivity index (χ1n) is 4.50. The normalized spacial score (nSPS) is 10.0. The van der Waals surface area contributed by atoms with Gasteiger partial charge in [0.05, 0.1) is 0 Å². The van der Waals surface area contributed by atoms with Crippen molar-refractivity contribution in [3.8, 4) is 11.1 Å². The van der Waals surface area contributed by atoms with Gasteiger partial charge in [0.15, 0.2) is 0 Å². The Morgan fingerprint density at radius 1 is 1.12 bits per heavy atom. The first-order chi connectivity index (χ1) is 7.66. The van der Waals surface area contributed by atoms with Crippen LogP contribution in [0.1, 0.15) is 10.5 Å². The van der Waals surface area contributed by atoms with Crippen molar-refractivity contribution < 1.29 is 4.79 Å². The molecule has 0 saturated carbocycles. The minimum atomic E-state index is -0.571. The lowest BCUT2D eigenvalue weighted by molar-refractivity contribution is 0.0995. The van der Waals surface area contributed by atoms with Crippen molar-refractivity contribution in [3.05, 3.63) is 36.4 Å². The third-order valence-corrected chi connectivity index (χ3v) is 2.02. The van der Waals surface area contributed by atoms with Crippen LogP contribution in [0.15, 0.2) is 30.7 Å². The molecule has 0 atom stereocenters. The van der Waals surface area contributed by atoms with Crippen molar-refractivity contribution in [1.29, 1.82) is 0 Å². The molecule has 0 aromatic carbocycles. The number of nitrogens with two attached hydrogens (primary N) is 2. The van der Waals surface area contributed by atoms with Gasteiger partial charge in [-0.2, -0.15) is 0 Å². The number of rotatable bonds is 2. The fraction of sp³-hybridized carbons (Fsp3) is 0. The number of carbonyl (C=O) groups excluding carboxylic acids is 1. The van der Waals surface area contributed by atoms with E-state index in [-0.39, 0.29) is 11.6 Å². The number of hydrogen-bond donors (Lipinski definition) is 2. The van der Waals surface area contributed by atoms with Crippen LogP contribution in [-0.4, -0.2) is 20.9 Å². The van der Waals surface area contributed by atoms with Gasteiger partial charge in [0.25, 0.3) is 5.91 Å². The molecule has 0 spiro atoms. The molecule has 0 fully saturated rings. The van der Waals surface area contributed by atoms with E-state index in [2.05, 4.69) is 15.0 Å². The summed E-state index contributed by atoms with van der Waals surface area (Å²) < 4.78 is 0. The van der Waals surface area contributed by atoms with E-state index in [4.69, 9.17) is 11.5 Å². The average molecular weight is 215 g/mol. The first-order valence-corrected chi connectivity index (χ1v) is 4.50. The number of nitrogen functional groups attached to an aromatic ring is 1. The summed E-state index contributed by atoms with van der Waals surface area (Å²) in [6, 6.07) is 3.32. The second kappa shape index (κ2) is 3.93. The highest BCUT2D eigenvalue weighted by Gasteiger charge is 2.05. The average Bonchev–Trinajstić information content (AvgIpc) is 2.30. The van der Waals surface area contributed by atoms with Crippen LogP contribution >= 0.6 is 0 Å². The summed E-state index contributed by atoms with van der Waals surface area (Å²) in [4.78, 5) is 22.5. The predicted octanol–water partition coefficient (Wildman–Crippen LogP) is 0.220. The molecule has 80 valence electrons. The van der Waals surface area contributed by atoms with Crippen LogP contribution < -0.4 is 11.5 Å². The standard InChI is InChI=1S/C10H9N5O/c11-9(16)8-3-6(1-2-13-8)7-4-14-10(12)15-5-7/h1-5H,(H2,11,16)(H2,12,14,15). The molecule has 6 heteroatoms. The van der Waals surface area contributed by atoms with Crippen molar-refractivity contribution in [1.82, 2.24) is 15.0 Å². The van der Waals surface area contributed by atoms with Gasteiger partial charge in [-0.25, -0.2) is 9.97 Å². The lowest BCUT2D eigenvalue weighted by Gasteiger charge is -2.01. The lowest BCUT2D eigenvalue weighted by atomic mass is 10.1. The molecular weight excluding hydrogens is 206 g/mol. The number of amides is 1. The zero-order chi connectivity index (χ0) is 11.5. The summed E-state index contributed by atoms with van der Waals surface area (Å²) in [6.45, 7) is 0. The molecule has 0 aliphatic heterocycles. The predicted molar refractivity (Wildman–Crippen MR) is 58.2 cm³/mol. The van der Waals surface area contributed by atoms with Crippen molar-refractivity contribution in [3.63, 3.8) is 0 Å². The molecule has 1 amide bonds. The summed E-state index contributed by atoms with van der Waals surface area (Å²) in [5, 5.41) is 0. The molecule has 16 heavy (non-hydrogen) atoms. The third-order valence-electron chi connectivity index (χ3n) is 2.02. The Kier molecular flexibility index (Phi) is 2.47. The smallest absolute Gasteiger partial charge is 0.267 e. The van der Waals surface area contributed by atoms with E-state index in [1.807, 2.05) is 0 Å². The SMILES string of the molecule is NC(=O)c1cc(-c2cnc(N)nc2)ccn1. The quantitative estimate of drug-likeness (QED) is 0.744. The second-order valence-corrected chi connectivity index (χ2v) is 3.12. The highest BCUT2D eigenvalue weighted by atomic mass is 16.1. The van der Waals surface area contributed by atoms with Crippen LogP contribution in [0.3, 0.4) is 0 Å².